The van der Waals surface area contributed by atoms with Gasteiger partial charge in [-0.2, -0.15) is 0 Å². The minimum Gasteiger partial charge on any atom is -0.480 e. The topological polar surface area (TPSA) is 47.0 Å². The van der Waals surface area contributed by atoms with Crippen LogP contribution in [0.2, 0.25) is 0 Å². The van der Waals surface area contributed by atoms with Crippen LogP contribution in [0.1, 0.15) is 22.9 Å². The first-order valence-electron chi connectivity index (χ1n) is 6.07. The second-order valence-electron chi connectivity index (χ2n) is 4.31. The van der Waals surface area contributed by atoms with Gasteiger partial charge in [-0.25, -0.2) is 8.78 Å². The van der Waals surface area contributed by atoms with Crippen molar-refractivity contribution in [3.8, 4) is 5.88 Å². The summed E-state index contributed by atoms with van der Waals surface area (Å²) >= 11 is 0. The number of nitrogens with zero attached hydrogens (tertiary/aromatic N) is 2. The summed E-state index contributed by atoms with van der Waals surface area (Å²) in [4.78, 5) is 0. The van der Waals surface area contributed by atoms with Crippen molar-refractivity contribution < 1.29 is 13.5 Å². The highest BCUT2D eigenvalue weighted by Crippen LogP contribution is 2.27. The molecule has 0 aliphatic heterocycles. The first-order valence-corrected chi connectivity index (χ1v) is 6.07. The molecule has 1 aromatic heterocycles. The monoisotopic (exact) mass is 279 g/mol. The molecule has 4 nitrogen and oxygen atoms in total. The zero-order chi connectivity index (χ0) is 14.7. The summed E-state index contributed by atoms with van der Waals surface area (Å²) in [6.07, 6.45) is 0. The Balaban J connectivity index is 2.49. The SMILES string of the molecule is CNC(c1ccc(OC)nn1)c1c(F)ccc(C)c1F. The minimum atomic E-state index is -0.715. The van der Waals surface area contributed by atoms with Gasteiger partial charge in [-0.15, -0.1) is 10.2 Å². The van der Waals surface area contributed by atoms with E-state index in [4.69, 9.17) is 4.74 Å². The van der Waals surface area contributed by atoms with Crippen LogP contribution in [0.15, 0.2) is 24.3 Å². The molecular formula is C14H15F2N3O. The van der Waals surface area contributed by atoms with Crippen molar-refractivity contribution in [2.45, 2.75) is 13.0 Å². The molecule has 0 aliphatic rings. The fourth-order valence-electron chi connectivity index (χ4n) is 1.98. The standard InChI is InChI=1S/C14H15F2N3O/c1-8-4-5-9(15)12(13(8)16)14(17-2)10-6-7-11(20-3)19-18-10/h4-7,14,17H,1-3H3. The Morgan fingerprint density at radius 3 is 2.45 bits per heavy atom. The van der Waals surface area contributed by atoms with Crippen molar-refractivity contribution in [3.05, 3.63) is 52.7 Å². The van der Waals surface area contributed by atoms with E-state index < -0.39 is 17.7 Å². The Morgan fingerprint density at radius 1 is 1.15 bits per heavy atom. The van der Waals surface area contributed by atoms with E-state index in [1.807, 2.05) is 0 Å². The third-order valence-corrected chi connectivity index (χ3v) is 3.06. The van der Waals surface area contributed by atoms with E-state index in [1.165, 1.54) is 19.2 Å². The molecule has 0 aliphatic carbocycles. The summed E-state index contributed by atoms with van der Waals surface area (Å²) in [5.74, 6) is -0.860. The number of halogens is 2. The Kier molecular flexibility index (Phi) is 4.24. The third kappa shape index (κ3) is 2.60. The highest BCUT2D eigenvalue weighted by Gasteiger charge is 2.23. The van der Waals surface area contributed by atoms with Crippen LogP contribution in [0.5, 0.6) is 5.88 Å². The maximum atomic E-state index is 14.2. The maximum Gasteiger partial charge on any atom is 0.233 e. The first kappa shape index (κ1) is 14.3. The van der Waals surface area contributed by atoms with Crippen LogP contribution in [-0.4, -0.2) is 24.4 Å². The first-order chi connectivity index (χ1) is 9.58. The lowest BCUT2D eigenvalue weighted by molar-refractivity contribution is 0.390. The molecule has 106 valence electrons. The molecule has 6 heteroatoms. The van der Waals surface area contributed by atoms with Gasteiger partial charge in [0.05, 0.1) is 18.8 Å². The molecule has 2 aromatic rings. The van der Waals surface area contributed by atoms with Crippen LogP contribution in [0.3, 0.4) is 0 Å². The fraction of sp³-hybridized carbons (Fsp3) is 0.286. The zero-order valence-electron chi connectivity index (χ0n) is 11.4. The van der Waals surface area contributed by atoms with Crippen LogP contribution in [-0.2, 0) is 0 Å². The van der Waals surface area contributed by atoms with Gasteiger partial charge in [0.15, 0.2) is 0 Å². The van der Waals surface area contributed by atoms with Crippen molar-refractivity contribution in [3.63, 3.8) is 0 Å². The summed E-state index contributed by atoms with van der Waals surface area (Å²) < 4.78 is 33.0. The van der Waals surface area contributed by atoms with E-state index in [-0.39, 0.29) is 5.56 Å². The summed E-state index contributed by atoms with van der Waals surface area (Å²) in [6, 6.07) is 5.15. The number of hydrogen-bond donors (Lipinski definition) is 1. The van der Waals surface area contributed by atoms with Crippen LogP contribution >= 0.6 is 0 Å². The number of rotatable bonds is 4. The van der Waals surface area contributed by atoms with Crippen LogP contribution < -0.4 is 10.1 Å². The molecule has 0 amide bonds. The van der Waals surface area contributed by atoms with Gasteiger partial charge < -0.3 is 10.1 Å². The number of hydrogen-bond acceptors (Lipinski definition) is 4. The number of nitrogens with one attached hydrogen (secondary N) is 1. The summed E-state index contributed by atoms with van der Waals surface area (Å²) in [6.45, 7) is 1.59. The van der Waals surface area contributed by atoms with Gasteiger partial charge in [0.1, 0.15) is 11.6 Å². The average molecular weight is 279 g/mol. The lowest BCUT2D eigenvalue weighted by Crippen LogP contribution is -2.22. The maximum absolute atomic E-state index is 14.2. The molecule has 0 radical (unpaired) electrons. The molecule has 20 heavy (non-hydrogen) atoms. The van der Waals surface area contributed by atoms with E-state index in [2.05, 4.69) is 15.5 Å². The Morgan fingerprint density at radius 2 is 1.90 bits per heavy atom. The smallest absolute Gasteiger partial charge is 0.233 e. The fourth-order valence-corrected chi connectivity index (χ4v) is 1.98. The van der Waals surface area contributed by atoms with E-state index in [0.717, 1.165) is 0 Å². The number of methoxy groups -OCH3 is 1. The number of benzene rings is 1. The molecule has 0 fully saturated rings. The van der Waals surface area contributed by atoms with Gasteiger partial charge in [-0.05, 0) is 31.7 Å². The normalized spacial score (nSPS) is 12.2. The molecule has 1 heterocycles. The second kappa shape index (κ2) is 5.92. The minimum absolute atomic E-state index is 0.0630. The molecule has 0 bridgehead atoms. The third-order valence-electron chi connectivity index (χ3n) is 3.06. The number of ether oxygens (including phenoxy) is 1. The van der Waals surface area contributed by atoms with Gasteiger partial charge in [0.25, 0.3) is 0 Å². The van der Waals surface area contributed by atoms with E-state index >= 15 is 0 Å². The molecular weight excluding hydrogens is 264 g/mol. The van der Waals surface area contributed by atoms with E-state index in [9.17, 15) is 8.78 Å². The van der Waals surface area contributed by atoms with Gasteiger partial charge in [-0.3, -0.25) is 0 Å². The van der Waals surface area contributed by atoms with Crippen LogP contribution in [0, 0.1) is 18.6 Å². The van der Waals surface area contributed by atoms with Gasteiger partial charge in [0.2, 0.25) is 5.88 Å². The summed E-state index contributed by atoms with van der Waals surface area (Å²) in [5, 5.41) is 10.6. The Bertz CT molecular complexity index is 602. The van der Waals surface area contributed by atoms with Gasteiger partial charge in [-0.1, -0.05) is 6.07 Å². The largest absolute Gasteiger partial charge is 0.480 e. The molecule has 1 aromatic carbocycles. The average Bonchev–Trinajstić information content (AvgIpc) is 2.48. The van der Waals surface area contributed by atoms with Gasteiger partial charge in [0, 0.05) is 11.6 Å². The highest BCUT2D eigenvalue weighted by molar-refractivity contribution is 5.34. The van der Waals surface area contributed by atoms with Crippen molar-refractivity contribution in [2.24, 2.45) is 0 Å². The van der Waals surface area contributed by atoms with Crippen LogP contribution in [0.4, 0.5) is 8.78 Å². The zero-order valence-corrected chi connectivity index (χ0v) is 11.4. The second-order valence-corrected chi connectivity index (χ2v) is 4.31. The number of aryl methyl sites for hydroxylation is 1. The lowest BCUT2D eigenvalue weighted by Gasteiger charge is -2.18. The predicted octanol–water partition coefficient (Wildman–Crippen LogP) is 2.38. The molecule has 2 rings (SSSR count). The molecule has 1 atom stereocenters. The van der Waals surface area contributed by atoms with E-state index in [1.54, 1.807) is 26.1 Å². The van der Waals surface area contributed by atoms with Crippen molar-refractivity contribution in [2.75, 3.05) is 14.2 Å². The summed E-state index contributed by atoms with van der Waals surface area (Å²) in [5.41, 5.74) is 0.729. The lowest BCUT2D eigenvalue weighted by atomic mass is 10.00. The Labute approximate surface area is 115 Å². The highest BCUT2D eigenvalue weighted by atomic mass is 19.1. The van der Waals surface area contributed by atoms with Crippen LogP contribution in [0.25, 0.3) is 0 Å². The Hall–Kier alpha value is -2.08. The molecule has 1 N–H and O–H groups in total. The quantitative estimate of drug-likeness (QED) is 0.933. The molecule has 0 saturated heterocycles. The van der Waals surface area contributed by atoms with E-state index in [0.29, 0.717) is 17.1 Å². The summed E-state index contributed by atoms with van der Waals surface area (Å²) in [7, 11) is 3.08. The van der Waals surface area contributed by atoms with Crippen molar-refractivity contribution in [1.82, 2.24) is 15.5 Å². The molecule has 0 saturated carbocycles. The molecule has 1 unspecified atom stereocenters. The van der Waals surface area contributed by atoms with Crippen molar-refractivity contribution >= 4 is 0 Å². The predicted molar refractivity (Wildman–Crippen MR) is 70.6 cm³/mol. The molecule has 0 spiro atoms. The number of aromatic nitrogens is 2. The van der Waals surface area contributed by atoms with Crippen molar-refractivity contribution in [1.29, 1.82) is 0 Å². The van der Waals surface area contributed by atoms with Gasteiger partial charge >= 0.3 is 0 Å².